The van der Waals surface area contributed by atoms with Crippen molar-refractivity contribution in [2.75, 3.05) is 36.5 Å². The third-order valence-corrected chi connectivity index (χ3v) is 3.52. The van der Waals surface area contributed by atoms with Crippen LogP contribution in [-0.2, 0) is 0 Å². The highest BCUT2D eigenvalue weighted by Gasteiger charge is 2.24. The van der Waals surface area contributed by atoms with Crippen LogP contribution in [0.15, 0.2) is 0 Å². The Hall–Kier alpha value is -1.18. The fourth-order valence-corrected chi connectivity index (χ4v) is 2.19. The molecular weight excluding hydrogens is 282 g/mol. The van der Waals surface area contributed by atoms with E-state index in [1.165, 1.54) is 6.42 Å². The minimum atomic E-state index is -0.899. The van der Waals surface area contributed by atoms with Crippen molar-refractivity contribution in [3.8, 4) is 0 Å². The lowest BCUT2D eigenvalue weighted by molar-refractivity contribution is 0.147. The molecule has 1 fully saturated rings. The van der Waals surface area contributed by atoms with Crippen LogP contribution in [0.25, 0.3) is 0 Å². The summed E-state index contributed by atoms with van der Waals surface area (Å²) in [6.07, 6.45) is 3.43. The molecule has 0 saturated carbocycles. The van der Waals surface area contributed by atoms with Gasteiger partial charge in [0, 0.05) is 13.1 Å². The first-order valence-corrected chi connectivity index (χ1v) is 7.10. The van der Waals surface area contributed by atoms with Gasteiger partial charge in [-0.2, -0.15) is 15.0 Å². The van der Waals surface area contributed by atoms with Gasteiger partial charge in [0.1, 0.15) is 0 Å². The van der Waals surface area contributed by atoms with Gasteiger partial charge in [0.05, 0.1) is 18.8 Å². The van der Waals surface area contributed by atoms with Crippen LogP contribution in [0.5, 0.6) is 0 Å². The van der Waals surface area contributed by atoms with Crippen LogP contribution in [0.1, 0.15) is 26.2 Å². The SMILES string of the molecule is CC(CO)(CO)Nc1nc(Cl)nc(N2CCCCC2)n1. The zero-order valence-electron chi connectivity index (χ0n) is 11.5. The quantitative estimate of drug-likeness (QED) is 0.736. The van der Waals surface area contributed by atoms with Crippen molar-refractivity contribution in [1.82, 2.24) is 15.0 Å². The average molecular weight is 302 g/mol. The summed E-state index contributed by atoms with van der Waals surface area (Å²) >= 11 is 5.93. The number of nitrogens with zero attached hydrogens (tertiary/aromatic N) is 4. The van der Waals surface area contributed by atoms with E-state index in [0.29, 0.717) is 5.95 Å². The van der Waals surface area contributed by atoms with Crippen molar-refractivity contribution in [2.45, 2.75) is 31.7 Å². The van der Waals surface area contributed by atoms with Crippen molar-refractivity contribution in [3.05, 3.63) is 5.28 Å². The van der Waals surface area contributed by atoms with E-state index in [0.717, 1.165) is 25.9 Å². The smallest absolute Gasteiger partial charge is 0.231 e. The molecule has 20 heavy (non-hydrogen) atoms. The van der Waals surface area contributed by atoms with Crippen molar-refractivity contribution < 1.29 is 10.2 Å². The van der Waals surface area contributed by atoms with Crippen LogP contribution >= 0.6 is 11.6 Å². The molecule has 0 spiro atoms. The maximum Gasteiger partial charge on any atom is 0.231 e. The van der Waals surface area contributed by atoms with E-state index in [1.807, 2.05) is 0 Å². The van der Waals surface area contributed by atoms with Crippen LogP contribution in [0.3, 0.4) is 0 Å². The number of piperidine rings is 1. The van der Waals surface area contributed by atoms with E-state index < -0.39 is 5.54 Å². The van der Waals surface area contributed by atoms with Crippen LogP contribution in [0.4, 0.5) is 11.9 Å². The summed E-state index contributed by atoms with van der Waals surface area (Å²) in [6.45, 7) is 2.98. The lowest BCUT2D eigenvalue weighted by Crippen LogP contribution is -2.43. The van der Waals surface area contributed by atoms with E-state index >= 15 is 0 Å². The molecule has 2 rings (SSSR count). The van der Waals surface area contributed by atoms with E-state index in [9.17, 15) is 10.2 Å². The summed E-state index contributed by atoms with van der Waals surface area (Å²) in [5.74, 6) is 0.793. The average Bonchev–Trinajstić information content (AvgIpc) is 2.47. The Kier molecular flexibility index (Phi) is 4.95. The zero-order chi connectivity index (χ0) is 14.6. The van der Waals surface area contributed by atoms with Crippen LogP contribution in [0, 0.1) is 0 Å². The molecule has 1 aliphatic heterocycles. The van der Waals surface area contributed by atoms with E-state index in [-0.39, 0.29) is 24.4 Å². The molecule has 1 aliphatic rings. The van der Waals surface area contributed by atoms with Gasteiger partial charge in [0.15, 0.2) is 0 Å². The molecule has 3 N–H and O–H groups in total. The number of aliphatic hydroxyl groups excluding tert-OH is 2. The van der Waals surface area contributed by atoms with E-state index in [1.54, 1.807) is 6.92 Å². The third-order valence-electron chi connectivity index (χ3n) is 3.35. The van der Waals surface area contributed by atoms with Crippen molar-refractivity contribution in [3.63, 3.8) is 0 Å². The predicted molar refractivity (Wildman–Crippen MR) is 77.1 cm³/mol. The van der Waals surface area contributed by atoms with Gasteiger partial charge in [0.25, 0.3) is 0 Å². The lowest BCUT2D eigenvalue weighted by atomic mass is 10.1. The second-order valence-electron chi connectivity index (χ2n) is 5.28. The molecule has 1 saturated heterocycles. The topological polar surface area (TPSA) is 94.4 Å². The first-order valence-electron chi connectivity index (χ1n) is 6.73. The van der Waals surface area contributed by atoms with Gasteiger partial charge in [-0.15, -0.1) is 0 Å². The van der Waals surface area contributed by atoms with Gasteiger partial charge in [-0.25, -0.2) is 0 Å². The van der Waals surface area contributed by atoms with E-state index in [2.05, 4.69) is 25.2 Å². The molecule has 0 amide bonds. The van der Waals surface area contributed by atoms with Crippen molar-refractivity contribution >= 4 is 23.5 Å². The van der Waals surface area contributed by atoms with Gasteiger partial charge in [-0.05, 0) is 37.8 Å². The molecule has 8 heteroatoms. The van der Waals surface area contributed by atoms with Gasteiger partial charge in [-0.1, -0.05) is 0 Å². The second-order valence-corrected chi connectivity index (χ2v) is 5.62. The Balaban J connectivity index is 2.19. The first kappa shape index (κ1) is 15.2. The maximum atomic E-state index is 9.30. The monoisotopic (exact) mass is 301 g/mol. The number of rotatable bonds is 5. The molecule has 0 radical (unpaired) electrons. The summed E-state index contributed by atoms with van der Waals surface area (Å²) < 4.78 is 0. The highest BCUT2D eigenvalue weighted by molar-refractivity contribution is 6.28. The van der Waals surface area contributed by atoms with Crippen LogP contribution < -0.4 is 10.2 Å². The lowest BCUT2D eigenvalue weighted by Gasteiger charge is -2.28. The van der Waals surface area contributed by atoms with Crippen molar-refractivity contribution in [1.29, 1.82) is 0 Å². The number of anilines is 2. The fourth-order valence-electron chi connectivity index (χ4n) is 2.03. The summed E-state index contributed by atoms with van der Waals surface area (Å²) in [7, 11) is 0. The number of aromatic nitrogens is 3. The Morgan fingerprint density at radius 1 is 1.15 bits per heavy atom. The second kappa shape index (κ2) is 6.51. The molecule has 2 heterocycles. The van der Waals surface area contributed by atoms with Gasteiger partial charge in [0.2, 0.25) is 17.2 Å². The molecule has 0 bridgehead atoms. The Bertz CT molecular complexity index is 449. The first-order chi connectivity index (χ1) is 9.56. The number of hydrogen-bond donors (Lipinski definition) is 3. The zero-order valence-corrected chi connectivity index (χ0v) is 12.3. The molecule has 0 aromatic carbocycles. The molecule has 0 aliphatic carbocycles. The largest absolute Gasteiger partial charge is 0.394 e. The molecule has 0 unspecified atom stereocenters. The number of aliphatic hydroxyl groups is 2. The Morgan fingerprint density at radius 2 is 1.80 bits per heavy atom. The number of halogens is 1. The highest BCUT2D eigenvalue weighted by atomic mass is 35.5. The molecule has 0 atom stereocenters. The molecule has 1 aromatic rings. The fraction of sp³-hybridized carbons (Fsp3) is 0.750. The Labute approximate surface area is 123 Å². The normalized spacial score (nSPS) is 16.3. The summed E-state index contributed by atoms with van der Waals surface area (Å²) in [4.78, 5) is 14.5. The molecule has 1 aromatic heterocycles. The maximum absolute atomic E-state index is 9.30. The summed E-state index contributed by atoms with van der Waals surface area (Å²) in [5.41, 5.74) is -0.899. The minimum Gasteiger partial charge on any atom is -0.394 e. The van der Waals surface area contributed by atoms with Crippen LogP contribution in [0.2, 0.25) is 5.28 Å². The highest BCUT2D eigenvalue weighted by Crippen LogP contribution is 2.20. The Morgan fingerprint density at radius 3 is 2.40 bits per heavy atom. The number of hydrogen-bond acceptors (Lipinski definition) is 7. The minimum absolute atomic E-state index is 0.0984. The van der Waals surface area contributed by atoms with Gasteiger partial charge >= 0.3 is 0 Å². The standard InChI is InChI=1S/C12H20ClN5O2/c1-12(7-19,8-20)17-10-14-9(13)15-11(16-10)18-5-3-2-4-6-18/h19-20H,2-8H2,1H3,(H,14,15,16,17). The number of nitrogens with one attached hydrogen (secondary N) is 1. The summed E-state index contributed by atoms with van der Waals surface area (Å²) in [6, 6.07) is 0. The van der Waals surface area contributed by atoms with Gasteiger partial charge < -0.3 is 20.4 Å². The molecular formula is C12H20ClN5O2. The third kappa shape index (κ3) is 3.68. The predicted octanol–water partition coefficient (Wildman–Crippen LogP) is 0.670. The van der Waals surface area contributed by atoms with Crippen LogP contribution in [-0.4, -0.2) is 57.0 Å². The summed E-state index contributed by atoms with van der Waals surface area (Å²) in [5, 5.41) is 21.6. The van der Waals surface area contributed by atoms with E-state index in [4.69, 9.17) is 11.6 Å². The molecule has 7 nitrogen and oxygen atoms in total. The molecule has 112 valence electrons. The van der Waals surface area contributed by atoms with Gasteiger partial charge in [-0.3, -0.25) is 0 Å². The van der Waals surface area contributed by atoms with Crippen molar-refractivity contribution in [2.24, 2.45) is 0 Å².